The van der Waals surface area contributed by atoms with Gasteiger partial charge in [0.1, 0.15) is 5.75 Å². The zero-order valence-corrected chi connectivity index (χ0v) is 17.0. The monoisotopic (exact) mass is 397 g/mol. The lowest BCUT2D eigenvalue weighted by Crippen LogP contribution is -2.13. The summed E-state index contributed by atoms with van der Waals surface area (Å²) in [6.45, 7) is 6.27. The number of nitrogens with zero attached hydrogens (tertiary/aromatic N) is 2. The molecule has 146 valence electrons. The van der Waals surface area contributed by atoms with Gasteiger partial charge in [-0.15, -0.1) is 10.2 Å². The number of para-hydroxylation sites is 1. The normalized spacial score (nSPS) is 10.7. The molecule has 0 fully saturated rings. The van der Waals surface area contributed by atoms with Gasteiger partial charge in [-0.05, 0) is 49.1 Å². The van der Waals surface area contributed by atoms with E-state index in [1.54, 1.807) is 0 Å². The van der Waals surface area contributed by atoms with Crippen molar-refractivity contribution in [1.82, 2.24) is 10.2 Å². The molecule has 28 heavy (non-hydrogen) atoms. The van der Waals surface area contributed by atoms with Crippen molar-refractivity contribution in [3.05, 3.63) is 65.0 Å². The Labute approximate surface area is 168 Å². The van der Waals surface area contributed by atoms with E-state index in [0.29, 0.717) is 11.1 Å². The van der Waals surface area contributed by atoms with E-state index < -0.39 is 0 Å². The van der Waals surface area contributed by atoms with Gasteiger partial charge in [-0.2, -0.15) is 0 Å². The number of aryl methyl sites for hydroxylation is 3. The first kappa shape index (κ1) is 19.9. The number of hydrogen-bond acceptors (Lipinski definition) is 6. The molecule has 6 nitrogen and oxygen atoms in total. The third kappa shape index (κ3) is 5.36. The van der Waals surface area contributed by atoms with E-state index in [9.17, 15) is 4.79 Å². The quantitative estimate of drug-likeness (QED) is 0.562. The molecule has 0 bridgehead atoms. The fraction of sp³-hybridized carbons (Fsp3) is 0.286. The van der Waals surface area contributed by atoms with E-state index in [0.717, 1.165) is 29.0 Å². The lowest BCUT2D eigenvalue weighted by atomic mass is 10.1. The second-order valence-corrected chi connectivity index (χ2v) is 7.29. The highest BCUT2D eigenvalue weighted by Crippen LogP contribution is 2.24. The lowest BCUT2D eigenvalue weighted by Gasteiger charge is -2.09. The summed E-state index contributed by atoms with van der Waals surface area (Å²) in [5.41, 5.74) is 4.11. The maximum Gasteiger partial charge on any atom is 0.277 e. The molecule has 0 spiro atoms. The molecule has 0 aliphatic heterocycles. The summed E-state index contributed by atoms with van der Waals surface area (Å²) in [6.07, 6.45) is 0.969. The third-order valence-electron chi connectivity index (χ3n) is 4.17. The predicted molar refractivity (Wildman–Crippen MR) is 110 cm³/mol. The second-order valence-electron chi connectivity index (χ2n) is 6.36. The van der Waals surface area contributed by atoms with Gasteiger partial charge in [0.25, 0.3) is 11.1 Å². The van der Waals surface area contributed by atoms with Crippen LogP contribution in [0.25, 0.3) is 0 Å². The Balaban J connectivity index is 1.48. The number of ether oxygens (including phenoxy) is 1. The highest BCUT2D eigenvalue weighted by molar-refractivity contribution is 7.99. The summed E-state index contributed by atoms with van der Waals surface area (Å²) in [7, 11) is 0. The molecule has 0 saturated carbocycles. The minimum Gasteiger partial charge on any atom is -0.483 e. The molecule has 0 saturated heterocycles. The van der Waals surface area contributed by atoms with E-state index >= 15 is 0 Å². The van der Waals surface area contributed by atoms with Crippen LogP contribution in [0, 0.1) is 13.8 Å². The Morgan fingerprint density at radius 2 is 1.82 bits per heavy atom. The number of benzene rings is 2. The van der Waals surface area contributed by atoms with Crippen LogP contribution in [0.15, 0.2) is 52.1 Å². The van der Waals surface area contributed by atoms with Crippen LogP contribution in [0.2, 0.25) is 0 Å². The van der Waals surface area contributed by atoms with E-state index in [1.165, 1.54) is 17.3 Å². The first-order valence-electron chi connectivity index (χ1n) is 9.08. The highest BCUT2D eigenvalue weighted by atomic mass is 32.2. The lowest BCUT2D eigenvalue weighted by molar-refractivity contribution is -0.113. The van der Waals surface area contributed by atoms with Crippen molar-refractivity contribution in [3.63, 3.8) is 0 Å². The molecule has 0 unspecified atom stereocenters. The summed E-state index contributed by atoms with van der Waals surface area (Å²) in [5, 5.41) is 11.1. The topological polar surface area (TPSA) is 77.2 Å². The van der Waals surface area contributed by atoms with Crippen LogP contribution >= 0.6 is 11.8 Å². The van der Waals surface area contributed by atoms with Gasteiger partial charge in [-0.3, -0.25) is 4.79 Å². The zero-order valence-electron chi connectivity index (χ0n) is 16.2. The SMILES string of the molecule is CCc1ccc(NC(=O)CSc2nnc(COc3c(C)cccc3C)o2)cc1. The average molecular weight is 398 g/mol. The first-order valence-corrected chi connectivity index (χ1v) is 10.1. The number of amides is 1. The van der Waals surface area contributed by atoms with Gasteiger partial charge in [0.15, 0.2) is 6.61 Å². The smallest absolute Gasteiger partial charge is 0.277 e. The van der Waals surface area contributed by atoms with Gasteiger partial charge in [0.05, 0.1) is 5.75 Å². The van der Waals surface area contributed by atoms with Gasteiger partial charge in [0, 0.05) is 5.69 Å². The fourth-order valence-electron chi connectivity index (χ4n) is 2.66. The molecule has 1 N–H and O–H groups in total. The van der Waals surface area contributed by atoms with E-state index in [1.807, 2.05) is 56.3 Å². The van der Waals surface area contributed by atoms with Crippen LogP contribution < -0.4 is 10.1 Å². The van der Waals surface area contributed by atoms with E-state index in [2.05, 4.69) is 22.4 Å². The minimum atomic E-state index is -0.124. The largest absolute Gasteiger partial charge is 0.483 e. The number of rotatable bonds is 8. The Morgan fingerprint density at radius 3 is 2.50 bits per heavy atom. The second kappa shape index (κ2) is 9.41. The van der Waals surface area contributed by atoms with Crippen LogP contribution in [0.1, 0.15) is 29.5 Å². The number of aromatic nitrogens is 2. The molecular formula is C21H23N3O3S. The van der Waals surface area contributed by atoms with Crippen molar-refractivity contribution in [2.24, 2.45) is 0 Å². The molecule has 0 radical (unpaired) electrons. The van der Waals surface area contributed by atoms with Crippen molar-refractivity contribution >= 4 is 23.4 Å². The number of anilines is 1. The van der Waals surface area contributed by atoms with Crippen molar-refractivity contribution < 1.29 is 13.9 Å². The van der Waals surface area contributed by atoms with Gasteiger partial charge < -0.3 is 14.5 Å². The molecule has 1 aromatic heterocycles. The van der Waals surface area contributed by atoms with Crippen LogP contribution in [0.3, 0.4) is 0 Å². The molecule has 2 aromatic carbocycles. The molecule has 0 aliphatic carbocycles. The van der Waals surface area contributed by atoms with Gasteiger partial charge in [-0.25, -0.2) is 0 Å². The van der Waals surface area contributed by atoms with Crippen LogP contribution in [-0.4, -0.2) is 21.9 Å². The summed E-state index contributed by atoms with van der Waals surface area (Å²) in [5.74, 6) is 1.26. The Kier molecular flexibility index (Phi) is 6.71. The molecule has 3 rings (SSSR count). The Hall–Kier alpha value is -2.80. The number of carbonyl (C=O) groups is 1. The summed E-state index contributed by atoms with van der Waals surface area (Å²) in [4.78, 5) is 12.1. The molecule has 1 amide bonds. The maximum atomic E-state index is 12.1. The molecule has 3 aromatic rings. The summed E-state index contributed by atoms with van der Waals surface area (Å²) >= 11 is 1.20. The van der Waals surface area contributed by atoms with Gasteiger partial charge in [0.2, 0.25) is 5.91 Å². The van der Waals surface area contributed by atoms with Gasteiger partial charge in [-0.1, -0.05) is 49.0 Å². The first-order chi connectivity index (χ1) is 13.5. The zero-order chi connectivity index (χ0) is 19.9. The van der Waals surface area contributed by atoms with E-state index in [4.69, 9.17) is 9.15 Å². The van der Waals surface area contributed by atoms with Crippen molar-refractivity contribution in [3.8, 4) is 5.75 Å². The average Bonchev–Trinajstić information content (AvgIpc) is 3.14. The predicted octanol–water partition coefficient (Wildman–Crippen LogP) is 4.56. The fourth-order valence-corrected chi connectivity index (χ4v) is 3.24. The van der Waals surface area contributed by atoms with Crippen molar-refractivity contribution in [1.29, 1.82) is 0 Å². The van der Waals surface area contributed by atoms with Crippen LogP contribution in [-0.2, 0) is 17.8 Å². The molecule has 7 heteroatoms. The van der Waals surface area contributed by atoms with Crippen LogP contribution in [0.5, 0.6) is 5.75 Å². The van der Waals surface area contributed by atoms with Gasteiger partial charge >= 0.3 is 0 Å². The number of carbonyl (C=O) groups excluding carboxylic acids is 1. The Bertz CT molecular complexity index is 918. The standard InChI is InChI=1S/C21H23N3O3S/c1-4-16-8-10-17(11-9-16)22-18(25)13-28-21-24-23-19(27-21)12-26-20-14(2)6-5-7-15(20)3/h5-11H,4,12-13H2,1-3H3,(H,22,25). The molecular weight excluding hydrogens is 374 g/mol. The van der Waals surface area contributed by atoms with Crippen molar-refractivity contribution in [2.45, 2.75) is 39.0 Å². The Morgan fingerprint density at radius 1 is 1.11 bits per heavy atom. The highest BCUT2D eigenvalue weighted by Gasteiger charge is 2.12. The maximum absolute atomic E-state index is 12.1. The molecule has 0 aliphatic rings. The molecule has 0 atom stereocenters. The third-order valence-corrected chi connectivity index (χ3v) is 4.99. The van der Waals surface area contributed by atoms with Crippen molar-refractivity contribution in [2.75, 3.05) is 11.1 Å². The summed E-state index contributed by atoms with van der Waals surface area (Å²) in [6, 6.07) is 13.8. The number of hydrogen-bond donors (Lipinski definition) is 1. The number of thioether (sulfide) groups is 1. The minimum absolute atomic E-state index is 0.124. The summed E-state index contributed by atoms with van der Waals surface area (Å²) < 4.78 is 11.4. The number of nitrogens with one attached hydrogen (secondary N) is 1. The van der Waals surface area contributed by atoms with Crippen LogP contribution in [0.4, 0.5) is 5.69 Å². The molecule has 1 heterocycles. The van der Waals surface area contributed by atoms with E-state index in [-0.39, 0.29) is 18.3 Å².